The molecular formula is C20H32O3Si. The average Bonchev–Trinajstić information content (AvgIpc) is 2.46. The van der Waals surface area contributed by atoms with E-state index in [4.69, 9.17) is 9.16 Å². The highest BCUT2D eigenvalue weighted by Gasteiger charge is 2.39. The number of ether oxygens (including phenoxy) is 1. The molecule has 0 saturated heterocycles. The van der Waals surface area contributed by atoms with Gasteiger partial charge in [0, 0.05) is 12.8 Å². The van der Waals surface area contributed by atoms with Crippen molar-refractivity contribution in [3.05, 3.63) is 29.8 Å². The lowest BCUT2D eigenvalue weighted by atomic mass is 9.81. The second-order valence-corrected chi connectivity index (χ2v) is 13.2. The summed E-state index contributed by atoms with van der Waals surface area (Å²) >= 11 is 0. The molecule has 1 aromatic carbocycles. The van der Waals surface area contributed by atoms with E-state index >= 15 is 0 Å². The molecule has 0 aliphatic heterocycles. The van der Waals surface area contributed by atoms with Gasteiger partial charge in [-0.25, -0.2) is 0 Å². The average molecular weight is 349 g/mol. The first kappa shape index (κ1) is 19.0. The molecule has 2 rings (SSSR count). The van der Waals surface area contributed by atoms with Crippen LogP contribution in [0.2, 0.25) is 18.1 Å². The molecule has 2 atom stereocenters. The third kappa shape index (κ3) is 4.62. The standard InChI is InChI=1S/C20H32O3Si/c1-15(21)22-19-13-8-7-12-18(19)16-10-9-11-17(14-16)23-24(5,6)20(2,3)4/h9-11,14,18-19H,7-8,12-13H2,1-6H3/t18-,19+/m0/s1. The van der Waals surface area contributed by atoms with Gasteiger partial charge in [0.1, 0.15) is 11.9 Å². The van der Waals surface area contributed by atoms with Crippen molar-refractivity contribution in [1.82, 2.24) is 0 Å². The Morgan fingerprint density at radius 3 is 2.46 bits per heavy atom. The van der Waals surface area contributed by atoms with E-state index < -0.39 is 8.32 Å². The molecule has 134 valence electrons. The number of hydrogen-bond donors (Lipinski definition) is 0. The monoisotopic (exact) mass is 348 g/mol. The van der Waals surface area contributed by atoms with Gasteiger partial charge in [0.2, 0.25) is 8.32 Å². The zero-order valence-electron chi connectivity index (χ0n) is 16.0. The molecule has 1 aromatic rings. The molecule has 0 unspecified atom stereocenters. The van der Waals surface area contributed by atoms with Crippen LogP contribution in [0, 0.1) is 0 Å². The largest absolute Gasteiger partial charge is 0.543 e. The Hall–Kier alpha value is -1.29. The predicted octanol–water partition coefficient (Wildman–Crippen LogP) is 5.66. The minimum atomic E-state index is -1.85. The van der Waals surface area contributed by atoms with Gasteiger partial charge >= 0.3 is 5.97 Å². The number of hydrogen-bond acceptors (Lipinski definition) is 3. The van der Waals surface area contributed by atoms with Crippen molar-refractivity contribution in [2.45, 2.75) is 83.5 Å². The van der Waals surface area contributed by atoms with Gasteiger partial charge in [0.15, 0.2) is 0 Å². The fraction of sp³-hybridized carbons (Fsp3) is 0.650. The fourth-order valence-corrected chi connectivity index (χ4v) is 4.11. The highest BCUT2D eigenvalue weighted by molar-refractivity contribution is 6.74. The maximum absolute atomic E-state index is 11.4. The van der Waals surface area contributed by atoms with Gasteiger partial charge in [0.25, 0.3) is 0 Å². The number of rotatable bonds is 4. The van der Waals surface area contributed by atoms with Gasteiger partial charge in [-0.1, -0.05) is 39.3 Å². The van der Waals surface area contributed by atoms with Crippen LogP contribution in [-0.2, 0) is 9.53 Å². The van der Waals surface area contributed by atoms with E-state index in [-0.39, 0.29) is 23.0 Å². The maximum atomic E-state index is 11.4. The molecule has 0 aromatic heterocycles. The van der Waals surface area contributed by atoms with Crippen LogP contribution in [0.4, 0.5) is 0 Å². The van der Waals surface area contributed by atoms with Crippen molar-refractivity contribution in [1.29, 1.82) is 0 Å². The zero-order chi connectivity index (χ0) is 18.0. The lowest BCUT2D eigenvalue weighted by Gasteiger charge is -2.37. The van der Waals surface area contributed by atoms with Gasteiger partial charge in [-0.2, -0.15) is 0 Å². The molecule has 0 bridgehead atoms. The summed E-state index contributed by atoms with van der Waals surface area (Å²) in [4.78, 5) is 11.4. The highest BCUT2D eigenvalue weighted by Crippen LogP contribution is 2.39. The Labute approximate surface area is 147 Å². The van der Waals surface area contributed by atoms with E-state index in [9.17, 15) is 4.79 Å². The summed E-state index contributed by atoms with van der Waals surface area (Å²) in [6.07, 6.45) is 4.35. The van der Waals surface area contributed by atoms with Crippen LogP contribution in [0.5, 0.6) is 5.75 Å². The zero-order valence-corrected chi connectivity index (χ0v) is 17.0. The third-order valence-electron chi connectivity index (χ3n) is 5.49. The van der Waals surface area contributed by atoms with Gasteiger partial charge < -0.3 is 9.16 Å². The fourth-order valence-electron chi connectivity index (χ4n) is 3.09. The van der Waals surface area contributed by atoms with Crippen LogP contribution in [-0.4, -0.2) is 20.4 Å². The Morgan fingerprint density at radius 1 is 1.17 bits per heavy atom. The highest BCUT2D eigenvalue weighted by atomic mass is 28.4. The van der Waals surface area contributed by atoms with E-state index in [2.05, 4.69) is 52.1 Å². The number of carbonyl (C=O) groups excluding carboxylic acids is 1. The first-order chi connectivity index (χ1) is 11.1. The number of esters is 1. The summed E-state index contributed by atoms with van der Waals surface area (Å²) in [5.74, 6) is 1.05. The topological polar surface area (TPSA) is 35.5 Å². The lowest BCUT2D eigenvalue weighted by Crippen LogP contribution is -2.43. The van der Waals surface area contributed by atoms with Gasteiger partial charge in [-0.3, -0.25) is 4.79 Å². The van der Waals surface area contributed by atoms with Gasteiger partial charge in [-0.15, -0.1) is 0 Å². The summed E-state index contributed by atoms with van der Waals surface area (Å²) < 4.78 is 12.0. The molecule has 0 heterocycles. The molecule has 1 aliphatic rings. The Morgan fingerprint density at radius 2 is 1.83 bits per heavy atom. The van der Waals surface area contributed by atoms with E-state index in [1.807, 2.05) is 6.07 Å². The smallest absolute Gasteiger partial charge is 0.302 e. The SMILES string of the molecule is CC(=O)O[C@@H]1CCCC[C@H]1c1cccc(O[Si](C)(C)C(C)(C)C)c1. The molecule has 24 heavy (non-hydrogen) atoms. The van der Waals surface area contributed by atoms with Crippen molar-refractivity contribution >= 4 is 14.3 Å². The molecule has 0 amide bonds. The van der Waals surface area contributed by atoms with Crippen LogP contribution in [0.25, 0.3) is 0 Å². The van der Waals surface area contributed by atoms with Gasteiger partial charge in [-0.05, 0) is 55.1 Å². The van der Waals surface area contributed by atoms with Crippen LogP contribution >= 0.6 is 0 Å². The molecular weight excluding hydrogens is 316 g/mol. The van der Waals surface area contributed by atoms with Crippen molar-refractivity contribution in [2.75, 3.05) is 0 Å². The maximum Gasteiger partial charge on any atom is 0.302 e. The first-order valence-corrected chi connectivity index (χ1v) is 12.0. The van der Waals surface area contributed by atoms with E-state index in [1.54, 1.807) is 0 Å². The summed E-state index contributed by atoms with van der Waals surface area (Å²) in [7, 11) is -1.85. The van der Waals surface area contributed by atoms with Crippen LogP contribution in [0.15, 0.2) is 24.3 Å². The Balaban J connectivity index is 2.21. The second-order valence-electron chi connectivity index (χ2n) is 8.47. The molecule has 0 spiro atoms. The minimum Gasteiger partial charge on any atom is -0.543 e. The second kappa shape index (κ2) is 7.30. The predicted molar refractivity (Wildman–Crippen MR) is 101 cm³/mol. The third-order valence-corrected chi connectivity index (χ3v) is 9.84. The van der Waals surface area contributed by atoms with Gasteiger partial charge in [0.05, 0.1) is 0 Å². The Bertz CT molecular complexity index is 574. The molecule has 0 N–H and O–H groups in total. The normalized spacial score (nSPS) is 22.1. The van der Waals surface area contributed by atoms with E-state index in [0.29, 0.717) is 0 Å². The van der Waals surface area contributed by atoms with Crippen molar-refractivity contribution in [2.24, 2.45) is 0 Å². The van der Waals surface area contributed by atoms with Crippen molar-refractivity contribution < 1.29 is 14.0 Å². The quantitative estimate of drug-likeness (QED) is 0.520. The summed E-state index contributed by atoms with van der Waals surface area (Å²) in [5, 5.41) is 0.175. The molecule has 3 nitrogen and oxygen atoms in total. The lowest BCUT2D eigenvalue weighted by molar-refractivity contribution is -0.148. The van der Waals surface area contributed by atoms with Crippen LogP contribution in [0.3, 0.4) is 0 Å². The molecule has 1 aliphatic carbocycles. The molecule has 0 radical (unpaired) electrons. The summed E-state index contributed by atoms with van der Waals surface area (Å²) in [5.41, 5.74) is 1.23. The summed E-state index contributed by atoms with van der Waals surface area (Å²) in [6.45, 7) is 12.8. The molecule has 1 fully saturated rings. The molecule has 4 heteroatoms. The van der Waals surface area contributed by atoms with E-state index in [1.165, 1.54) is 18.9 Å². The molecule has 1 saturated carbocycles. The van der Waals surface area contributed by atoms with Crippen molar-refractivity contribution in [3.63, 3.8) is 0 Å². The van der Waals surface area contributed by atoms with Crippen molar-refractivity contribution in [3.8, 4) is 5.75 Å². The van der Waals surface area contributed by atoms with Crippen LogP contribution < -0.4 is 4.43 Å². The number of benzene rings is 1. The minimum absolute atomic E-state index is 0.000582. The summed E-state index contributed by atoms with van der Waals surface area (Å²) in [6, 6.07) is 8.42. The van der Waals surface area contributed by atoms with E-state index in [0.717, 1.165) is 25.0 Å². The number of carbonyl (C=O) groups is 1. The van der Waals surface area contributed by atoms with Crippen LogP contribution in [0.1, 0.15) is 64.9 Å². The Kier molecular flexibility index (Phi) is 5.79. The first-order valence-electron chi connectivity index (χ1n) is 9.06.